The van der Waals surface area contributed by atoms with Gasteiger partial charge in [-0.25, -0.2) is 0 Å². The van der Waals surface area contributed by atoms with E-state index in [1.807, 2.05) is 56.3 Å². The molecule has 6 nitrogen and oxygen atoms in total. The Labute approximate surface area is 256 Å². The Morgan fingerprint density at radius 3 is 2.34 bits per heavy atom. The molecule has 0 fully saturated rings. The van der Waals surface area contributed by atoms with E-state index in [2.05, 4.69) is 31.9 Å². The normalized spacial score (nSPS) is 11.9. The fourth-order valence-corrected chi connectivity index (χ4v) is 5.10. The van der Waals surface area contributed by atoms with Gasteiger partial charge in [0.2, 0.25) is 5.91 Å². The molecule has 0 bridgehead atoms. The molecule has 0 aromatic heterocycles. The fraction of sp³-hybridized carbons (Fsp3) is 0.0938. The number of amides is 3. The average molecular weight is 649 g/mol. The second-order valence-corrected chi connectivity index (χ2v) is 11.9. The molecule has 41 heavy (non-hydrogen) atoms. The maximum Gasteiger partial charge on any atom is 0.272 e. The highest BCUT2D eigenvalue weighted by atomic mass is 79.9. The van der Waals surface area contributed by atoms with Crippen molar-refractivity contribution in [3.63, 3.8) is 0 Å². The average Bonchev–Trinajstić information content (AvgIpc) is 2.96. The van der Waals surface area contributed by atoms with Crippen LogP contribution in [0.1, 0.15) is 28.4 Å². The molecule has 3 amide bonds. The van der Waals surface area contributed by atoms with Crippen molar-refractivity contribution in [2.45, 2.75) is 24.0 Å². The van der Waals surface area contributed by atoms with Gasteiger partial charge < -0.3 is 16.0 Å². The van der Waals surface area contributed by atoms with Crippen LogP contribution in [0.15, 0.2) is 112 Å². The maximum absolute atomic E-state index is 13.4. The van der Waals surface area contributed by atoms with Crippen LogP contribution in [0, 0.1) is 6.92 Å². The van der Waals surface area contributed by atoms with E-state index in [4.69, 9.17) is 11.6 Å². The lowest BCUT2D eigenvalue weighted by atomic mass is 10.1. The second-order valence-electron chi connectivity index (χ2n) is 9.12. The molecule has 1 atom stereocenters. The third-order valence-corrected chi connectivity index (χ3v) is 7.80. The number of carbonyl (C=O) groups excluding carboxylic acids is 3. The first-order valence-corrected chi connectivity index (χ1v) is 14.7. The molecule has 0 heterocycles. The minimum atomic E-state index is -0.485. The van der Waals surface area contributed by atoms with Crippen molar-refractivity contribution in [3.05, 3.63) is 129 Å². The lowest BCUT2D eigenvalue weighted by Gasteiger charge is -2.15. The maximum atomic E-state index is 13.4. The van der Waals surface area contributed by atoms with Crippen LogP contribution in [-0.2, 0) is 9.59 Å². The smallest absolute Gasteiger partial charge is 0.272 e. The summed E-state index contributed by atoms with van der Waals surface area (Å²) < 4.78 is 0.897. The molecule has 4 rings (SSSR count). The first-order valence-electron chi connectivity index (χ1n) is 12.7. The van der Waals surface area contributed by atoms with Gasteiger partial charge in [-0.15, -0.1) is 11.8 Å². The van der Waals surface area contributed by atoms with Gasteiger partial charge in [-0.2, -0.15) is 0 Å². The summed E-state index contributed by atoms with van der Waals surface area (Å²) in [6.45, 7) is 3.71. The Morgan fingerprint density at radius 2 is 1.61 bits per heavy atom. The second kappa shape index (κ2) is 14.2. The van der Waals surface area contributed by atoms with Crippen molar-refractivity contribution in [3.8, 4) is 0 Å². The van der Waals surface area contributed by atoms with Crippen molar-refractivity contribution in [2.24, 2.45) is 0 Å². The molecule has 0 spiro atoms. The summed E-state index contributed by atoms with van der Waals surface area (Å²) in [6.07, 6.45) is 1.62. The van der Waals surface area contributed by atoms with Crippen LogP contribution in [-0.4, -0.2) is 23.0 Å². The summed E-state index contributed by atoms with van der Waals surface area (Å²) in [7, 11) is 0. The third-order valence-electron chi connectivity index (χ3n) is 5.94. The number of nitrogens with one attached hydrogen (secondary N) is 3. The fourth-order valence-electron chi connectivity index (χ4n) is 3.73. The molecule has 1 unspecified atom stereocenters. The molecular formula is C32H27BrClN3O3S. The molecule has 0 saturated heterocycles. The first-order chi connectivity index (χ1) is 19.7. The van der Waals surface area contributed by atoms with Crippen molar-refractivity contribution in [2.75, 3.05) is 10.6 Å². The molecule has 4 aromatic carbocycles. The van der Waals surface area contributed by atoms with Gasteiger partial charge in [0, 0.05) is 31.3 Å². The van der Waals surface area contributed by atoms with Crippen molar-refractivity contribution < 1.29 is 14.4 Å². The van der Waals surface area contributed by atoms with Crippen LogP contribution >= 0.6 is 39.3 Å². The number of hydrogen-bond donors (Lipinski definition) is 3. The summed E-state index contributed by atoms with van der Waals surface area (Å²) in [5, 5.41) is 8.66. The number of aryl methyl sites for hydroxylation is 1. The number of halogens is 2. The van der Waals surface area contributed by atoms with Gasteiger partial charge in [-0.05, 0) is 85.6 Å². The zero-order valence-electron chi connectivity index (χ0n) is 22.3. The molecule has 0 radical (unpaired) electrons. The first kappa shape index (κ1) is 30.1. The summed E-state index contributed by atoms with van der Waals surface area (Å²) in [4.78, 5) is 39.9. The highest BCUT2D eigenvalue weighted by molar-refractivity contribution is 9.10. The lowest BCUT2D eigenvalue weighted by Crippen LogP contribution is -2.30. The van der Waals surface area contributed by atoms with E-state index in [1.54, 1.807) is 60.7 Å². The van der Waals surface area contributed by atoms with Crippen LogP contribution in [0.5, 0.6) is 0 Å². The zero-order valence-corrected chi connectivity index (χ0v) is 25.4. The van der Waals surface area contributed by atoms with E-state index >= 15 is 0 Å². The molecule has 3 N–H and O–H groups in total. The molecule has 4 aromatic rings. The molecule has 0 aliphatic heterocycles. The number of rotatable bonds is 9. The van der Waals surface area contributed by atoms with Gasteiger partial charge >= 0.3 is 0 Å². The molecule has 0 aliphatic carbocycles. The Hall–Kier alpha value is -3.85. The quantitative estimate of drug-likeness (QED) is 0.127. The molecular weight excluding hydrogens is 622 g/mol. The van der Waals surface area contributed by atoms with E-state index in [9.17, 15) is 14.4 Å². The van der Waals surface area contributed by atoms with Gasteiger partial charge in [0.05, 0.1) is 5.25 Å². The predicted molar refractivity (Wildman–Crippen MR) is 171 cm³/mol. The van der Waals surface area contributed by atoms with Crippen LogP contribution in [0.3, 0.4) is 0 Å². The summed E-state index contributed by atoms with van der Waals surface area (Å²) in [5.74, 6) is -1.05. The summed E-state index contributed by atoms with van der Waals surface area (Å²) in [6, 6.07) is 28.6. The van der Waals surface area contributed by atoms with Gasteiger partial charge in [0.25, 0.3) is 11.8 Å². The van der Waals surface area contributed by atoms with Gasteiger partial charge in [-0.1, -0.05) is 70.0 Å². The monoisotopic (exact) mass is 647 g/mol. The Bertz CT molecular complexity index is 1590. The molecule has 0 aliphatic rings. The third kappa shape index (κ3) is 8.82. The Morgan fingerprint density at radius 1 is 0.878 bits per heavy atom. The Kier molecular flexibility index (Phi) is 10.4. The molecule has 9 heteroatoms. The van der Waals surface area contributed by atoms with Gasteiger partial charge in [-0.3, -0.25) is 14.4 Å². The Balaban J connectivity index is 1.48. The highest BCUT2D eigenvalue weighted by Crippen LogP contribution is 2.28. The number of benzene rings is 4. The van der Waals surface area contributed by atoms with Crippen molar-refractivity contribution >= 4 is 74.5 Å². The number of hydrogen-bond acceptors (Lipinski definition) is 4. The van der Waals surface area contributed by atoms with Crippen LogP contribution in [0.25, 0.3) is 6.08 Å². The van der Waals surface area contributed by atoms with Crippen LogP contribution in [0.2, 0.25) is 5.02 Å². The predicted octanol–water partition coefficient (Wildman–Crippen LogP) is 7.94. The van der Waals surface area contributed by atoms with Crippen molar-refractivity contribution in [1.29, 1.82) is 0 Å². The largest absolute Gasteiger partial charge is 0.325 e. The van der Waals surface area contributed by atoms with E-state index in [0.29, 0.717) is 22.0 Å². The number of thioether (sulfide) groups is 1. The summed E-state index contributed by atoms with van der Waals surface area (Å²) in [5.41, 5.74) is 3.36. The SMILES string of the molecule is Cc1ccc(Cl)cc1NC(=O)C(C)Sc1cccc(NC(=O)/C(=C\c2ccc(Br)cc2)NC(=O)c2ccccc2)c1. The van der Waals surface area contributed by atoms with E-state index in [1.165, 1.54) is 11.8 Å². The van der Waals surface area contributed by atoms with E-state index < -0.39 is 17.1 Å². The van der Waals surface area contributed by atoms with Crippen molar-refractivity contribution in [1.82, 2.24) is 5.32 Å². The highest BCUT2D eigenvalue weighted by Gasteiger charge is 2.18. The van der Waals surface area contributed by atoms with Crippen LogP contribution in [0.4, 0.5) is 11.4 Å². The molecule has 208 valence electrons. The zero-order chi connectivity index (χ0) is 29.4. The summed E-state index contributed by atoms with van der Waals surface area (Å²) >= 11 is 10.8. The van der Waals surface area contributed by atoms with Gasteiger partial charge in [0.1, 0.15) is 5.70 Å². The minimum absolute atomic E-state index is 0.0869. The number of anilines is 2. The van der Waals surface area contributed by atoms with E-state index in [-0.39, 0.29) is 11.6 Å². The van der Waals surface area contributed by atoms with E-state index in [0.717, 1.165) is 20.5 Å². The molecule has 0 saturated carbocycles. The number of carbonyl (C=O) groups is 3. The standard InChI is InChI=1S/C32H27BrClN3O3S/c1-20-11-16-25(34)18-28(20)36-30(38)21(2)41-27-10-6-9-26(19-27)35-32(40)29(17-22-12-14-24(33)15-13-22)37-31(39)23-7-4-3-5-8-23/h3-19,21H,1-2H3,(H,35,40)(H,36,38)(H,37,39)/b29-17+. The van der Waals surface area contributed by atoms with Gasteiger partial charge in [0.15, 0.2) is 0 Å². The van der Waals surface area contributed by atoms with Crippen LogP contribution < -0.4 is 16.0 Å². The minimum Gasteiger partial charge on any atom is -0.325 e. The lowest BCUT2D eigenvalue weighted by molar-refractivity contribution is -0.115. The topological polar surface area (TPSA) is 87.3 Å².